The summed E-state index contributed by atoms with van der Waals surface area (Å²) in [6, 6.07) is 9.21. The van der Waals surface area contributed by atoms with Gasteiger partial charge in [0.2, 0.25) is 0 Å². The Morgan fingerprint density at radius 3 is 2.44 bits per heavy atom. The van der Waals surface area contributed by atoms with Gasteiger partial charge in [-0.3, -0.25) is 0 Å². The first-order chi connectivity index (χ1) is 8.36. The summed E-state index contributed by atoms with van der Waals surface area (Å²) >= 11 is 3.31. The molecule has 0 saturated heterocycles. The molecule has 0 bridgehead atoms. The zero-order valence-electron chi connectivity index (χ0n) is 9.80. The molecule has 0 aliphatic heterocycles. The lowest BCUT2D eigenvalue weighted by Crippen LogP contribution is -2.29. The van der Waals surface area contributed by atoms with Crippen molar-refractivity contribution < 1.29 is 8.42 Å². The first-order valence-corrected chi connectivity index (χ1v) is 8.05. The highest BCUT2D eigenvalue weighted by atomic mass is 79.9. The molecule has 1 aliphatic rings. The molecule has 0 heterocycles. The summed E-state index contributed by atoms with van der Waals surface area (Å²) < 4.78 is 24.8. The Balaban J connectivity index is 2.41. The second kappa shape index (κ2) is 4.34. The predicted octanol–water partition coefficient (Wildman–Crippen LogP) is 1.57. The molecule has 18 heavy (non-hydrogen) atoms. The molecular formula is C12H13BrN2O2S. The summed E-state index contributed by atoms with van der Waals surface area (Å²) in [7, 11) is -3.31. The standard InChI is InChI=1S/C12H13BrN2O2S/c1-2-18(16,17)11-10(12(11,15)7-14)8-3-5-9(13)6-4-8/h3-6,10-11H,2,15H2,1H3/t10-,11-,12+/m1/s1. The van der Waals surface area contributed by atoms with E-state index in [1.54, 1.807) is 19.1 Å². The van der Waals surface area contributed by atoms with Gasteiger partial charge in [-0.05, 0) is 17.7 Å². The molecular weight excluding hydrogens is 316 g/mol. The summed E-state index contributed by atoms with van der Waals surface area (Å²) in [5, 5.41) is 8.34. The van der Waals surface area contributed by atoms with E-state index in [1.165, 1.54) is 0 Å². The van der Waals surface area contributed by atoms with Gasteiger partial charge in [0.25, 0.3) is 0 Å². The summed E-state index contributed by atoms with van der Waals surface area (Å²) in [5.74, 6) is -0.425. The highest BCUT2D eigenvalue weighted by molar-refractivity contribution is 9.10. The Labute approximate surface area is 115 Å². The van der Waals surface area contributed by atoms with Crippen LogP contribution in [0.4, 0.5) is 0 Å². The number of halogens is 1. The lowest BCUT2D eigenvalue weighted by atomic mass is 10.1. The van der Waals surface area contributed by atoms with Gasteiger partial charge in [0, 0.05) is 16.1 Å². The second-order valence-corrected chi connectivity index (χ2v) is 7.77. The maximum atomic E-state index is 11.9. The van der Waals surface area contributed by atoms with Crippen LogP contribution in [0.3, 0.4) is 0 Å². The van der Waals surface area contributed by atoms with Crippen molar-refractivity contribution in [2.24, 2.45) is 5.73 Å². The topological polar surface area (TPSA) is 83.9 Å². The second-order valence-electron chi connectivity index (χ2n) is 4.45. The van der Waals surface area contributed by atoms with E-state index in [0.29, 0.717) is 0 Å². The third kappa shape index (κ3) is 1.96. The number of sulfone groups is 1. The molecule has 1 saturated carbocycles. The smallest absolute Gasteiger partial charge is 0.156 e. The largest absolute Gasteiger partial charge is 0.312 e. The zero-order valence-corrected chi connectivity index (χ0v) is 12.2. The first kappa shape index (κ1) is 13.5. The molecule has 0 radical (unpaired) electrons. The highest BCUT2D eigenvalue weighted by Gasteiger charge is 2.69. The zero-order chi connectivity index (χ0) is 13.6. The normalized spacial score (nSPS) is 30.8. The van der Waals surface area contributed by atoms with Crippen molar-refractivity contribution in [3.63, 3.8) is 0 Å². The van der Waals surface area contributed by atoms with Crippen LogP contribution in [0.15, 0.2) is 28.7 Å². The minimum Gasteiger partial charge on any atom is -0.312 e. The maximum Gasteiger partial charge on any atom is 0.156 e. The lowest BCUT2D eigenvalue weighted by molar-refractivity contribution is 0.593. The van der Waals surface area contributed by atoms with E-state index in [1.807, 2.05) is 18.2 Å². The summed E-state index contributed by atoms with van der Waals surface area (Å²) in [5.41, 5.74) is 5.42. The Morgan fingerprint density at radius 2 is 2.00 bits per heavy atom. The third-order valence-corrected chi connectivity index (χ3v) is 6.16. The number of hydrogen-bond donors (Lipinski definition) is 1. The van der Waals surface area contributed by atoms with E-state index in [0.717, 1.165) is 10.0 Å². The van der Waals surface area contributed by atoms with E-state index in [9.17, 15) is 8.42 Å². The molecule has 0 unspecified atom stereocenters. The van der Waals surface area contributed by atoms with Gasteiger partial charge in [0.15, 0.2) is 9.84 Å². The molecule has 1 aromatic carbocycles. The fourth-order valence-corrected chi connectivity index (χ4v) is 4.45. The summed E-state index contributed by atoms with van der Waals surface area (Å²) in [4.78, 5) is 0. The molecule has 0 amide bonds. The summed E-state index contributed by atoms with van der Waals surface area (Å²) in [6.07, 6.45) is 0. The molecule has 2 N–H and O–H groups in total. The van der Waals surface area contributed by atoms with Gasteiger partial charge in [0.1, 0.15) is 10.8 Å². The molecule has 2 rings (SSSR count). The van der Waals surface area contributed by atoms with Crippen LogP contribution in [-0.2, 0) is 9.84 Å². The van der Waals surface area contributed by atoms with Gasteiger partial charge in [-0.1, -0.05) is 35.0 Å². The van der Waals surface area contributed by atoms with Crippen LogP contribution in [0.2, 0.25) is 0 Å². The van der Waals surface area contributed by atoms with Gasteiger partial charge in [-0.15, -0.1) is 0 Å². The molecule has 1 fully saturated rings. The predicted molar refractivity (Wildman–Crippen MR) is 72.7 cm³/mol. The van der Waals surface area contributed by atoms with Crippen molar-refractivity contribution in [3.8, 4) is 6.07 Å². The van der Waals surface area contributed by atoms with Gasteiger partial charge < -0.3 is 5.73 Å². The van der Waals surface area contributed by atoms with Crippen molar-refractivity contribution >= 4 is 25.8 Å². The van der Waals surface area contributed by atoms with E-state index in [4.69, 9.17) is 11.0 Å². The van der Waals surface area contributed by atoms with Crippen LogP contribution in [0.5, 0.6) is 0 Å². The van der Waals surface area contributed by atoms with Crippen molar-refractivity contribution in [1.29, 1.82) is 5.26 Å². The lowest BCUT2D eigenvalue weighted by Gasteiger charge is -2.00. The number of rotatable bonds is 3. The minimum atomic E-state index is -3.31. The number of nitrogens with two attached hydrogens (primary N) is 1. The number of benzene rings is 1. The fraction of sp³-hybridized carbons (Fsp3) is 0.417. The van der Waals surface area contributed by atoms with Crippen LogP contribution in [0.1, 0.15) is 18.4 Å². The highest BCUT2D eigenvalue weighted by Crippen LogP contribution is 2.53. The Morgan fingerprint density at radius 1 is 1.44 bits per heavy atom. The Kier molecular flexibility index (Phi) is 3.26. The molecule has 6 heteroatoms. The number of hydrogen-bond acceptors (Lipinski definition) is 4. The van der Waals surface area contributed by atoms with Crippen LogP contribution < -0.4 is 5.73 Å². The van der Waals surface area contributed by atoms with Gasteiger partial charge in [-0.25, -0.2) is 8.42 Å². The van der Waals surface area contributed by atoms with Gasteiger partial charge in [-0.2, -0.15) is 5.26 Å². The van der Waals surface area contributed by atoms with Gasteiger partial charge in [0.05, 0.1) is 6.07 Å². The first-order valence-electron chi connectivity index (χ1n) is 5.54. The average molecular weight is 329 g/mol. The van der Waals surface area contributed by atoms with Crippen molar-refractivity contribution in [1.82, 2.24) is 0 Å². The maximum absolute atomic E-state index is 11.9. The van der Waals surface area contributed by atoms with Crippen molar-refractivity contribution in [3.05, 3.63) is 34.3 Å². The molecule has 96 valence electrons. The van der Waals surface area contributed by atoms with Crippen molar-refractivity contribution in [2.45, 2.75) is 23.6 Å². The van der Waals surface area contributed by atoms with Crippen LogP contribution in [0, 0.1) is 11.3 Å². The SMILES string of the molecule is CCS(=O)(=O)[C@@H]1[C@@H](c2ccc(Br)cc2)[C@@]1(N)C#N. The summed E-state index contributed by atoms with van der Waals surface area (Å²) in [6.45, 7) is 1.57. The monoisotopic (exact) mass is 328 g/mol. The van der Waals surface area contributed by atoms with Crippen LogP contribution in [-0.4, -0.2) is 25.0 Å². The Bertz CT molecular complexity index is 606. The molecule has 3 atom stereocenters. The minimum absolute atomic E-state index is 0.00528. The molecule has 0 aromatic heterocycles. The quantitative estimate of drug-likeness (QED) is 0.912. The third-order valence-electron chi connectivity index (χ3n) is 3.39. The fourth-order valence-electron chi connectivity index (χ4n) is 2.31. The average Bonchev–Trinajstić information content (AvgIpc) is 2.98. The van der Waals surface area contributed by atoms with Crippen LogP contribution >= 0.6 is 15.9 Å². The van der Waals surface area contributed by atoms with E-state index >= 15 is 0 Å². The van der Waals surface area contributed by atoms with E-state index in [-0.39, 0.29) is 5.75 Å². The number of nitrogens with zero attached hydrogens (tertiary/aromatic N) is 1. The van der Waals surface area contributed by atoms with E-state index in [2.05, 4.69) is 15.9 Å². The molecule has 4 nitrogen and oxygen atoms in total. The van der Waals surface area contributed by atoms with Crippen LogP contribution in [0.25, 0.3) is 0 Å². The number of nitriles is 1. The molecule has 1 aromatic rings. The molecule has 0 spiro atoms. The van der Waals surface area contributed by atoms with Crippen molar-refractivity contribution in [2.75, 3.05) is 5.75 Å². The van der Waals surface area contributed by atoms with Gasteiger partial charge >= 0.3 is 0 Å². The van der Waals surface area contributed by atoms with E-state index < -0.39 is 26.5 Å². The Hall–Kier alpha value is -0.900. The molecule has 1 aliphatic carbocycles.